The standard InChI is InChI=1S/C23H27N3O2/c1-17(24)5-8-19-13-14-26(25-19)20-9-11-21(12-10-20)28-23-4-2-3-22(15-23)27-16-18-6-7-18/h2-4,9-15,17-18H,5-8,16,24H2,1H3. The zero-order valence-electron chi connectivity index (χ0n) is 16.3. The maximum absolute atomic E-state index is 5.98. The van der Waals surface area contributed by atoms with Gasteiger partial charge in [0.25, 0.3) is 0 Å². The van der Waals surface area contributed by atoms with Crippen LogP contribution in [-0.4, -0.2) is 22.4 Å². The van der Waals surface area contributed by atoms with Crippen LogP contribution < -0.4 is 15.2 Å². The van der Waals surface area contributed by atoms with Gasteiger partial charge in [0.1, 0.15) is 17.2 Å². The maximum atomic E-state index is 5.98. The van der Waals surface area contributed by atoms with E-state index in [9.17, 15) is 0 Å². The number of benzene rings is 2. The minimum absolute atomic E-state index is 0.194. The molecule has 0 aliphatic heterocycles. The third kappa shape index (κ3) is 5.14. The topological polar surface area (TPSA) is 62.3 Å². The maximum Gasteiger partial charge on any atom is 0.131 e. The molecule has 1 heterocycles. The van der Waals surface area contributed by atoms with E-state index in [2.05, 4.69) is 5.10 Å². The van der Waals surface area contributed by atoms with Gasteiger partial charge in [-0.05, 0) is 81.0 Å². The molecule has 1 aliphatic carbocycles. The van der Waals surface area contributed by atoms with Crippen LogP contribution in [0.4, 0.5) is 0 Å². The predicted octanol–water partition coefficient (Wildman–Crippen LogP) is 4.73. The zero-order chi connectivity index (χ0) is 19.3. The molecule has 28 heavy (non-hydrogen) atoms. The van der Waals surface area contributed by atoms with E-state index in [4.69, 9.17) is 15.2 Å². The molecular weight excluding hydrogens is 350 g/mol. The Morgan fingerprint density at radius 2 is 1.86 bits per heavy atom. The van der Waals surface area contributed by atoms with Gasteiger partial charge in [0, 0.05) is 18.3 Å². The molecule has 3 aromatic rings. The highest BCUT2D eigenvalue weighted by molar-refractivity contribution is 5.41. The fourth-order valence-corrected chi connectivity index (χ4v) is 2.94. The zero-order valence-corrected chi connectivity index (χ0v) is 16.3. The fraction of sp³-hybridized carbons (Fsp3) is 0.348. The van der Waals surface area contributed by atoms with Crippen molar-refractivity contribution in [1.29, 1.82) is 0 Å². The van der Waals surface area contributed by atoms with Crippen LogP contribution in [0.5, 0.6) is 17.2 Å². The average Bonchev–Trinajstić information content (AvgIpc) is 3.41. The number of nitrogens with two attached hydrogens (primary N) is 1. The molecule has 2 aromatic carbocycles. The third-order valence-electron chi connectivity index (χ3n) is 4.83. The highest BCUT2D eigenvalue weighted by Gasteiger charge is 2.21. The molecule has 5 nitrogen and oxygen atoms in total. The largest absolute Gasteiger partial charge is 0.493 e. The first-order valence-corrected chi connectivity index (χ1v) is 9.97. The lowest BCUT2D eigenvalue weighted by Gasteiger charge is -2.10. The van der Waals surface area contributed by atoms with Gasteiger partial charge in [-0.15, -0.1) is 0 Å². The molecule has 0 radical (unpaired) electrons. The Bertz CT molecular complexity index is 898. The third-order valence-corrected chi connectivity index (χ3v) is 4.83. The van der Waals surface area contributed by atoms with E-state index in [1.807, 2.05) is 72.4 Å². The van der Waals surface area contributed by atoms with Crippen LogP contribution in [0.3, 0.4) is 0 Å². The van der Waals surface area contributed by atoms with Crippen molar-refractivity contribution in [2.45, 2.75) is 38.6 Å². The molecule has 1 saturated carbocycles. The van der Waals surface area contributed by atoms with Crippen molar-refractivity contribution < 1.29 is 9.47 Å². The molecule has 0 saturated heterocycles. The molecule has 4 rings (SSSR count). The second-order valence-corrected chi connectivity index (χ2v) is 7.59. The number of nitrogens with zero attached hydrogens (tertiary/aromatic N) is 2. The molecule has 2 N–H and O–H groups in total. The number of aromatic nitrogens is 2. The highest BCUT2D eigenvalue weighted by Crippen LogP contribution is 2.31. The van der Waals surface area contributed by atoms with Gasteiger partial charge in [-0.2, -0.15) is 5.10 Å². The van der Waals surface area contributed by atoms with Crippen molar-refractivity contribution in [2.24, 2.45) is 11.7 Å². The summed E-state index contributed by atoms with van der Waals surface area (Å²) in [6.45, 7) is 2.82. The summed E-state index contributed by atoms with van der Waals surface area (Å²) in [7, 11) is 0. The molecule has 0 spiro atoms. The van der Waals surface area contributed by atoms with Gasteiger partial charge >= 0.3 is 0 Å². The molecule has 1 aliphatic rings. The van der Waals surface area contributed by atoms with Crippen molar-refractivity contribution in [3.63, 3.8) is 0 Å². The van der Waals surface area contributed by atoms with Crippen molar-refractivity contribution in [3.05, 3.63) is 66.5 Å². The molecular formula is C23H27N3O2. The smallest absolute Gasteiger partial charge is 0.131 e. The lowest BCUT2D eigenvalue weighted by molar-refractivity contribution is 0.298. The second kappa shape index (κ2) is 8.48. The summed E-state index contributed by atoms with van der Waals surface area (Å²) in [5.41, 5.74) is 7.88. The first-order valence-electron chi connectivity index (χ1n) is 9.97. The number of hydrogen-bond donors (Lipinski definition) is 1. The number of rotatable bonds is 9. The average molecular weight is 377 g/mol. The minimum Gasteiger partial charge on any atom is -0.493 e. The summed E-state index contributed by atoms with van der Waals surface area (Å²) in [6.07, 6.45) is 6.38. The predicted molar refractivity (Wildman–Crippen MR) is 110 cm³/mol. The first kappa shape index (κ1) is 18.6. The van der Waals surface area contributed by atoms with Gasteiger partial charge in [-0.3, -0.25) is 0 Å². The molecule has 1 unspecified atom stereocenters. The Morgan fingerprint density at radius 3 is 2.61 bits per heavy atom. The minimum atomic E-state index is 0.194. The summed E-state index contributed by atoms with van der Waals surface area (Å²) < 4.78 is 13.7. The number of ether oxygens (including phenoxy) is 2. The van der Waals surface area contributed by atoms with Crippen LogP contribution in [0.15, 0.2) is 60.8 Å². The Kier molecular flexibility index (Phi) is 5.63. The van der Waals surface area contributed by atoms with E-state index >= 15 is 0 Å². The van der Waals surface area contributed by atoms with Gasteiger partial charge in [-0.1, -0.05) is 6.07 Å². The summed E-state index contributed by atoms with van der Waals surface area (Å²) in [5, 5.41) is 4.62. The van der Waals surface area contributed by atoms with Crippen molar-refractivity contribution in [2.75, 3.05) is 6.61 Å². The van der Waals surface area contributed by atoms with Crippen LogP contribution >= 0.6 is 0 Å². The van der Waals surface area contributed by atoms with Gasteiger partial charge in [0.05, 0.1) is 18.0 Å². The van der Waals surface area contributed by atoms with Crippen molar-refractivity contribution in [3.8, 4) is 22.9 Å². The second-order valence-electron chi connectivity index (χ2n) is 7.59. The number of aryl methyl sites for hydroxylation is 1. The SMILES string of the molecule is CC(N)CCc1ccn(-c2ccc(Oc3cccc(OCC4CC4)c3)cc2)n1. The Morgan fingerprint density at radius 1 is 1.07 bits per heavy atom. The molecule has 146 valence electrons. The summed E-state index contributed by atoms with van der Waals surface area (Å²) >= 11 is 0. The molecule has 5 heteroatoms. The first-order chi connectivity index (χ1) is 13.7. The fourth-order valence-electron chi connectivity index (χ4n) is 2.94. The molecule has 1 fully saturated rings. The molecule has 0 bridgehead atoms. The van der Waals surface area contributed by atoms with E-state index in [0.29, 0.717) is 0 Å². The Hall–Kier alpha value is -2.79. The monoisotopic (exact) mass is 377 g/mol. The molecule has 1 aromatic heterocycles. The van der Waals surface area contributed by atoms with E-state index in [1.54, 1.807) is 0 Å². The van der Waals surface area contributed by atoms with Crippen LogP contribution in [0.2, 0.25) is 0 Å². The summed E-state index contributed by atoms with van der Waals surface area (Å²) in [5.74, 6) is 3.15. The quantitative estimate of drug-likeness (QED) is 0.585. The highest BCUT2D eigenvalue weighted by atomic mass is 16.5. The Labute approximate surface area is 166 Å². The van der Waals surface area contributed by atoms with Gasteiger partial charge < -0.3 is 15.2 Å². The lowest BCUT2D eigenvalue weighted by atomic mass is 10.1. The van der Waals surface area contributed by atoms with Crippen LogP contribution in [0.1, 0.15) is 31.9 Å². The Balaban J connectivity index is 1.37. The van der Waals surface area contributed by atoms with E-state index < -0.39 is 0 Å². The van der Waals surface area contributed by atoms with E-state index in [1.165, 1.54) is 12.8 Å². The lowest BCUT2D eigenvalue weighted by Crippen LogP contribution is -2.15. The summed E-state index contributed by atoms with van der Waals surface area (Å²) in [6, 6.07) is 18.0. The number of hydrogen-bond acceptors (Lipinski definition) is 4. The van der Waals surface area contributed by atoms with E-state index in [0.717, 1.165) is 54.0 Å². The summed E-state index contributed by atoms with van der Waals surface area (Å²) in [4.78, 5) is 0. The van der Waals surface area contributed by atoms with Gasteiger partial charge in [0.15, 0.2) is 0 Å². The van der Waals surface area contributed by atoms with Crippen molar-refractivity contribution >= 4 is 0 Å². The van der Waals surface area contributed by atoms with Gasteiger partial charge in [0.2, 0.25) is 0 Å². The van der Waals surface area contributed by atoms with E-state index in [-0.39, 0.29) is 6.04 Å². The normalized spacial score (nSPS) is 14.6. The van der Waals surface area contributed by atoms with Crippen LogP contribution in [-0.2, 0) is 6.42 Å². The van der Waals surface area contributed by atoms with Crippen LogP contribution in [0.25, 0.3) is 5.69 Å². The van der Waals surface area contributed by atoms with Gasteiger partial charge in [-0.25, -0.2) is 4.68 Å². The van der Waals surface area contributed by atoms with Crippen molar-refractivity contribution in [1.82, 2.24) is 9.78 Å². The molecule has 1 atom stereocenters. The van der Waals surface area contributed by atoms with Crippen LogP contribution in [0, 0.1) is 5.92 Å². The molecule has 0 amide bonds.